The van der Waals surface area contributed by atoms with Crippen molar-refractivity contribution in [3.8, 4) is 11.5 Å². The Bertz CT molecular complexity index is 1580. The predicted octanol–water partition coefficient (Wildman–Crippen LogP) is 4.54. The molecule has 0 radical (unpaired) electrons. The quantitative estimate of drug-likeness (QED) is 0.274. The number of rotatable bonds is 10. The molecule has 2 heterocycles. The molecular weight excluding hydrogens is 519 g/mol. The molecule has 0 spiro atoms. The minimum absolute atomic E-state index is 0.0171. The molecule has 4 rings (SSSR count). The Kier molecular flexibility index (Phi) is 8.81. The largest absolute Gasteiger partial charge is 0.493 e. The van der Waals surface area contributed by atoms with E-state index in [1.807, 2.05) is 6.07 Å². The number of ether oxygens (including phenoxy) is 3. The van der Waals surface area contributed by atoms with Crippen molar-refractivity contribution < 1.29 is 23.4 Å². The molecule has 1 aromatic heterocycles. The summed E-state index contributed by atoms with van der Waals surface area (Å²) < 4.78 is 32.3. The third kappa shape index (κ3) is 6.20. The van der Waals surface area contributed by atoms with Gasteiger partial charge in [0.05, 0.1) is 35.6 Å². The number of aromatic nitrogens is 1. The summed E-state index contributed by atoms with van der Waals surface area (Å²) in [6.45, 7) is 10.1. The van der Waals surface area contributed by atoms with Gasteiger partial charge in [-0.1, -0.05) is 56.0 Å². The second-order valence-electron chi connectivity index (χ2n) is 9.46. The summed E-state index contributed by atoms with van der Waals surface area (Å²) in [4.78, 5) is 32.0. The molecule has 0 N–H and O–H groups in total. The summed E-state index contributed by atoms with van der Waals surface area (Å²) in [5.41, 5.74) is 1.67. The van der Waals surface area contributed by atoms with Crippen LogP contribution in [0.1, 0.15) is 44.4 Å². The Morgan fingerprint density at radius 1 is 1.21 bits per heavy atom. The first-order valence-electron chi connectivity index (χ1n) is 12.6. The van der Waals surface area contributed by atoms with Crippen molar-refractivity contribution in [1.82, 2.24) is 4.57 Å². The van der Waals surface area contributed by atoms with E-state index in [1.54, 1.807) is 44.4 Å². The Hall–Kier alpha value is -3.98. The van der Waals surface area contributed by atoms with Crippen LogP contribution in [-0.2, 0) is 9.53 Å². The van der Waals surface area contributed by atoms with E-state index in [0.29, 0.717) is 50.2 Å². The van der Waals surface area contributed by atoms with Gasteiger partial charge in [0.25, 0.3) is 5.56 Å². The summed E-state index contributed by atoms with van der Waals surface area (Å²) in [5.74, 6) is 0.589. The molecule has 0 saturated heterocycles. The molecule has 0 aliphatic carbocycles. The standard InChI is InChI=1S/C30H31FN2O5S/c1-6-14-38-29(35)26-19(4)32-30-33(28(34)25(39-30)16-20-7-10-22(31)11-8-20)27(26)21-9-12-23(24(17-21)36-5)37-15-13-18(2)3/h6-12,16-18,27H,1,13-15H2,2-5H3/b25-16-. The topological polar surface area (TPSA) is 79.1 Å². The van der Waals surface area contributed by atoms with Gasteiger partial charge in [-0.25, -0.2) is 14.2 Å². The first-order chi connectivity index (χ1) is 18.7. The van der Waals surface area contributed by atoms with Gasteiger partial charge in [0.2, 0.25) is 0 Å². The van der Waals surface area contributed by atoms with Gasteiger partial charge in [0.1, 0.15) is 12.4 Å². The van der Waals surface area contributed by atoms with Gasteiger partial charge in [-0.05, 0) is 60.7 Å². The number of methoxy groups -OCH3 is 1. The molecule has 3 aromatic rings. The van der Waals surface area contributed by atoms with Gasteiger partial charge in [0.15, 0.2) is 16.3 Å². The number of esters is 1. The highest BCUT2D eigenvalue weighted by Gasteiger charge is 2.34. The number of carbonyl (C=O) groups is 1. The van der Waals surface area contributed by atoms with Crippen molar-refractivity contribution in [2.75, 3.05) is 20.3 Å². The maximum Gasteiger partial charge on any atom is 0.338 e. The molecule has 39 heavy (non-hydrogen) atoms. The Labute approximate surface area is 230 Å². The number of hydrogen-bond acceptors (Lipinski definition) is 7. The van der Waals surface area contributed by atoms with E-state index in [4.69, 9.17) is 14.2 Å². The van der Waals surface area contributed by atoms with Gasteiger partial charge in [-0.3, -0.25) is 9.36 Å². The van der Waals surface area contributed by atoms with Crippen molar-refractivity contribution >= 4 is 23.4 Å². The first kappa shape index (κ1) is 28.0. The van der Waals surface area contributed by atoms with Crippen LogP contribution in [0, 0.1) is 11.7 Å². The van der Waals surface area contributed by atoms with Crippen LogP contribution in [0.3, 0.4) is 0 Å². The maximum atomic E-state index is 13.7. The van der Waals surface area contributed by atoms with Crippen LogP contribution >= 0.6 is 11.3 Å². The Balaban J connectivity index is 1.86. The summed E-state index contributed by atoms with van der Waals surface area (Å²) >= 11 is 1.20. The monoisotopic (exact) mass is 550 g/mol. The first-order valence-corrected chi connectivity index (χ1v) is 13.4. The normalized spacial score (nSPS) is 15.1. The van der Waals surface area contributed by atoms with E-state index in [1.165, 1.54) is 34.1 Å². The van der Waals surface area contributed by atoms with E-state index in [-0.39, 0.29) is 23.6 Å². The van der Waals surface area contributed by atoms with Crippen molar-refractivity contribution in [2.24, 2.45) is 10.9 Å². The molecule has 1 atom stereocenters. The van der Waals surface area contributed by atoms with Crippen LogP contribution in [-0.4, -0.2) is 30.9 Å². The van der Waals surface area contributed by atoms with Gasteiger partial charge in [-0.15, -0.1) is 0 Å². The predicted molar refractivity (Wildman–Crippen MR) is 149 cm³/mol. The fourth-order valence-electron chi connectivity index (χ4n) is 4.20. The van der Waals surface area contributed by atoms with Crippen LogP contribution in [0.25, 0.3) is 6.08 Å². The lowest BCUT2D eigenvalue weighted by atomic mass is 9.95. The molecule has 0 bridgehead atoms. The van der Waals surface area contributed by atoms with Crippen LogP contribution in [0.4, 0.5) is 4.39 Å². The summed E-state index contributed by atoms with van der Waals surface area (Å²) in [5, 5.41) is 0. The number of halogens is 1. The molecule has 204 valence electrons. The van der Waals surface area contributed by atoms with Gasteiger partial charge < -0.3 is 14.2 Å². The SMILES string of the molecule is C=CCOC(=O)C1=C(C)N=c2s/c(=C\c3ccc(F)cc3)c(=O)n2C1c1ccc(OCCC(C)C)c(OC)c1. The second-order valence-corrected chi connectivity index (χ2v) is 10.5. The third-order valence-corrected chi connectivity index (χ3v) is 7.18. The summed E-state index contributed by atoms with van der Waals surface area (Å²) in [6.07, 6.45) is 4.05. The highest BCUT2D eigenvalue weighted by molar-refractivity contribution is 7.07. The number of thiazole rings is 1. The third-order valence-electron chi connectivity index (χ3n) is 6.20. The Morgan fingerprint density at radius 3 is 2.62 bits per heavy atom. The second kappa shape index (κ2) is 12.3. The zero-order valence-corrected chi connectivity index (χ0v) is 23.2. The van der Waals surface area contributed by atoms with Gasteiger partial charge in [-0.2, -0.15) is 0 Å². The van der Waals surface area contributed by atoms with E-state index < -0.39 is 12.0 Å². The van der Waals surface area contributed by atoms with Crippen LogP contribution < -0.4 is 24.4 Å². The number of hydrogen-bond donors (Lipinski definition) is 0. The van der Waals surface area contributed by atoms with Crippen molar-refractivity contribution in [2.45, 2.75) is 33.2 Å². The van der Waals surface area contributed by atoms with E-state index in [2.05, 4.69) is 25.4 Å². The highest BCUT2D eigenvalue weighted by Crippen LogP contribution is 2.36. The molecule has 1 unspecified atom stereocenters. The lowest BCUT2D eigenvalue weighted by Gasteiger charge is -2.25. The molecule has 0 amide bonds. The van der Waals surface area contributed by atoms with Crippen molar-refractivity contribution in [3.63, 3.8) is 0 Å². The van der Waals surface area contributed by atoms with E-state index in [9.17, 15) is 14.0 Å². The zero-order chi connectivity index (χ0) is 28.1. The number of benzene rings is 2. The fraction of sp³-hybridized carbons (Fsp3) is 0.300. The van der Waals surface area contributed by atoms with E-state index in [0.717, 1.165) is 6.42 Å². The molecule has 1 aliphatic rings. The molecular formula is C30H31FN2O5S. The fourth-order valence-corrected chi connectivity index (χ4v) is 5.25. The smallest absolute Gasteiger partial charge is 0.338 e. The summed E-state index contributed by atoms with van der Waals surface area (Å²) in [7, 11) is 1.54. The molecule has 0 fully saturated rings. The summed E-state index contributed by atoms with van der Waals surface area (Å²) in [6, 6.07) is 10.4. The van der Waals surface area contributed by atoms with Gasteiger partial charge >= 0.3 is 5.97 Å². The lowest BCUT2D eigenvalue weighted by Crippen LogP contribution is -2.40. The van der Waals surface area contributed by atoms with Gasteiger partial charge in [0, 0.05) is 0 Å². The number of allylic oxidation sites excluding steroid dienone is 1. The van der Waals surface area contributed by atoms with Crippen molar-refractivity contribution in [1.29, 1.82) is 0 Å². The minimum Gasteiger partial charge on any atom is -0.493 e. The number of carbonyl (C=O) groups excluding carboxylic acids is 1. The molecule has 2 aromatic carbocycles. The molecule has 0 saturated carbocycles. The zero-order valence-electron chi connectivity index (χ0n) is 22.4. The lowest BCUT2D eigenvalue weighted by molar-refractivity contribution is -0.138. The average Bonchev–Trinajstić information content (AvgIpc) is 3.21. The minimum atomic E-state index is -0.812. The molecule has 9 heteroatoms. The van der Waals surface area contributed by atoms with Crippen LogP contribution in [0.15, 0.2) is 76.2 Å². The van der Waals surface area contributed by atoms with Crippen LogP contribution in [0.5, 0.6) is 11.5 Å². The number of nitrogens with zero attached hydrogens (tertiary/aromatic N) is 2. The maximum absolute atomic E-state index is 13.7. The number of fused-ring (bicyclic) bond motifs is 1. The average molecular weight is 551 g/mol. The van der Waals surface area contributed by atoms with Crippen LogP contribution in [0.2, 0.25) is 0 Å². The molecule has 7 nitrogen and oxygen atoms in total. The van der Waals surface area contributed by atoms with Crippen molar-refractivity contribution in [3.05, 3.63) is 103 Å². The van der Waals surface area contributed by atoms with E-state index >= 15 is 0 Å². The molecule has 1 aliphatic heterocycles. The highest BCUT2D eigenvalue weighted by atomic mass is 32.1. The Morgan fingerprint density at radius 2 is 1.95 bits per heavy atom.